The van der Waals surface area contributed by atoms with Gasteiger partial charge in [0.1, 0.15) is 0 Å². The fourth-order valence-electron chi connectivity index (χ4n) is 1.74. The molecule has 0 saturated carbocycles. The van der Waals surface area contributed by atoms with E-state index in [2.05, 4.69) is 0 Å². The molecule has 19 heavy (non-hydrogen) atoms. The van der Waals surface area contributed by atoms with Crippen LogP contribution in [0.2, 0.25) is 0 Å². The zero-order valence-corrected chi connectivity index (χ0v) is 11.9. The summed E-state index contributed by atoms with van der Waals surface area (Å²) < 4.78 is 34.6. The van der Waals surface area contributed by atoms with E-state index in [1.807, 2.05) is 0 Å². The first kappa shape index (κ1) is 14.1. The Morgan fingerprint density at radius 2 is 2.00 bits per heavy atom. The lowest BCUT2D eigenvalue weighted by Gasteiger charge is -2.12. The lowest BCUT2D eigenvalue weighted by Crippen LogP contribution is -2.07. The van der Waals surface area contributed by atoms with Gasteiger partial charge in [0.05, 0.1) is 29.4 Å². The van der Waals surface area contributed by atoms with E-state index in [-0.39, 0.29) is 27.7 Å². The van der Waals surface area contributed by atoms with Crippen LogP contribution < -0.4 is 9.47 Å². The van der Waals surface area contributed by atoms with Gasteiger partial charge in [0.15, 0.2) is 21.3 Å². The first-order valence-corrected chi connectivity index (χ1v) is 7.85. The van der Waals surface area contributed by atoms with Crippen molar-refractivity contribution in [3.05, 3.63) is 17.7 Å². The fraction of sp³-hybridized carbons (Fsp3) is 0.417. The minimum Gasteiger partial charge on any atom is -0.489 e. The molecule has 1 aromatic carbocycles. The number of ether oxygens (including phenoxy) is 2. The molecule has 1 aromatic rings. The quantitative estimate of drug-likeness (QED) is 0.799. The molecule has 1 heterocycles. The summed E-state index contributed by atoms with van der Waals surface area (Å²) in [5, 5.41) is -0.769. The summed E-state index contributed by atoms with van der Waals surface area (Å²) in [5.74, 6) is 0.395. The Kier molecular flexibility index (Phi) is 4.01. The molecule has 1 aliphatic rings. The van der Waals surface area contributed by atoms with Crippen molar-refractivity contribution in [3.8, 4) is 11.5 Å². The van der Waals surface area contributed by atoms with Gasteiger partial charge in [-0.15, -0.1) is 0 Å². The second kappa shape index (κ2) is 5.38. The van der Waals surface area contributed by atoms with Gasteiger partial charge in [-0.3, -0.25) is 4.79 Å². The molecule has 104 valence electrons. The Morgan fingerprint density at radius 3 is 2.63 bits per heavy atom. The van der Waals surface area contributed by atoms with Crippen molar-refractivity contribution in [2.75, 3.05) is 19.0 Å². The average molecular weight is 305 g/mol. The molecule has 0 atom stereocenters. The minimum absolute atomic E-state index is 0.0169. The number of carbonyl (C=O) groups is 1. The molecule has 0 aliphatic carbocycles. The van der Waals surface area contributed by atoms with Crippen molar-refractivity contribution in [2.24, 2.45) is 0 Å². The minimum atomic E-state index is -3.45. The van der Waals surface area contributed by atoms with Gasteiger partial charge in [0.2, 0.25) is 0 Å². The maximum Gasteiger partial charge on any atom is 0.256 e. The van der Waals surface area contributed by atoms with Gasteiger partial charge in [0.25, 0.3) is 5.24 Å². The first-order valence-electron chi connectivity index (χ1n) is 5.82. The van der Waals surface area contributed by atoms with Gasteiger partial charge in [-0.05, 0) is 17.7 Å². The molecule has 0 spiro atoms. The Labute approximate surface area is 116 Å². The summed E-state index contributed by atoms with van der Waals surface area (Å²) in [5.41, 5.74) is 0.0214. The first-order chi connectivity index (χ1) is 8.95. The van der Waals surface area contributed by atoms with Gasteiger partial charge in [-0.2, -0.15) is 0 Å². The standard InChI is InChI=1S/C12H13ClO5S/c1-2-19(15,16)8-6-9(12(13)14)11-10(7-8)17-4-3-5-18-11/h6-7H,2-5H2,1H3. The summed E-state index contributed by atoms with van der Waals surface area (Å²) in [6.45, 7) is 2.32. The molecule has 7 heteroatoms. The number of hydrogen-bond donors (Lipinski definition) is 0. The molecule has 0 bridgehead atoms. The number of halogens is 1. The number of benzene rings is 1. The smallest absolute Gasteiger partial charge is 0.256 e. The normalized spacial score (nSPS) is 14.8. The predicted octanol–water partition coefficient (Wildman–Crippen LogP) is 2.02. The molecular formula is C12H13ClO5S. The van der Waals surface area contributed by atoms with Gasteiger partial charge in [-0.25, -0.2) is 8.42 Å². The van der Waals surface area contributed by atoms with Crippen molar-refractivity contribution in [1.29, 1.82) is 0 Å². The van der Waals surface area contributed by atoms with Crippen molar-refractivity contribution in [3.63, 3.8) is 0 Å². The van der Waals surface area contributed by atoms with Gasteiger partial charge in [0, 0.05) is 12.5 Å². The molecular weight excluding hydrogens is 292 g/mol. The molecule has 2 rings (SSSR count). The summed E-state index contributed by atoms with van der Waals surface area (Å²) in [6, 6.07) is 2.62. The second-order valence-electron chi connectivity index (χ2n) is 4.03. The number of hydrogen-bond acceptors (Lipinski definition) is 5. The highest BCUT2D eigenvalue weighted by atomic mass is 35.5. The highest BCUT2D eigenvalue weighted by molar-refractivity contribution is 7.91. The molecule has 0 aromatic heterocycles. The highest BCUT2D eigenvalue weighted by Crippen LogP contribution is 2.37. The molecule has 0 unspecified atom stereocenters. The van der Waals surface area contributed by atoms with Crippen molar-refractivity contribution in [2.45, 2.75) is 18.2 Å². The van der Waals surface area contributed by atoms with E-state index in [9.17, 15) is 13.2 Å². The Bertz CT molecular complexity index is 609. The topological polar surface area (TPSA) is 69.7 Å². The van der Waals surface area contributed by atoms with Crippen LogP contribution in [0.1, 0.15) is 23.7 Å². The summed E-state index contributed by atoms with van der Waals surface area (Å²) >= 11 is 5.49. The Hall–Kier alpha value is -1.27. The molecule has 0 N–H and O–H groups in total. The Balaban J connectivity index is 2.65. The van der Waals surface area contributed by atoms with Gasteiger partial charge < -0.3 is 9.47 Å². The molecule has 5 nitrogen and oxygen atoms in total. The second-order valence-corrected chi connectivity index (χ2v) is 6.65. The van der Waals surface area contributed by atoms with Crippen LogP contribution >= 0.6 is 11.6 Å². The number of carbonyl (C=O) groups excluding carboxylic acids is 1. The van der Waals surface area contributed by atoms with E-state index in [0.717, 1.165) is 0 Å². The van der Waals surface area contributed by atoms with Gasteiger partial charge in [-0.1, -0.05) is 6.92 Å². The molecule has 0 fully saturated rings. The van der Waals surface area contributed by atoms with E-state index < -0.39 is 15.1 Å². The predicted molar refractivity (Wildman–Crippen MR) is 70.0 cm³/mol. The van der Waals surface area contributed by atoms with Crippen molar-refractivity contribution < 1.29 is 22.7 Å². The van der Waals surface area contributed by atoms with E-state index in [4.69, 9.17) is 21.1 Å². The van der Waals surface area contributed by atoms with Crippen LogP contribution in [-0.2, 0) is 9.84 Å². The summed E-state index contributed by atoms with van der Waals surface area (Å²) in [6.07, 6.45) is 0.653. The van der Waals surface area contributed by atoms with E-state index in [1.165, 1.54) is 19.1 Å². The number of rotatable bonds is 3. The van der Waals surface area contributed by atoms with E-state index in [1.54, 1.807) is 0 Å². The molecule has 0 saturated heterocycles. The van der Waals surface area contributed by atoms with Crippen LogP contribution in [0.15, 0.2) is 17.0 Å². The van der Waals surface area contributed by atoms with Crippen molar-refractivity contribution in [1.82, 2.24) is 0 Å². The third kappa shape index (κ3) is 2.84. The molecule has 1 aliphatic heterocycles. The molecule has 0 radical (unpaired) electrons. The lowest BCUT2D eigenvalue weighted by atomic mass is 10.2. The van der Waals surface area contributed by atoms with Gasteiger partial charge >= 0.3 is 0 Å². The fourth-order valence-corrected chi connectivity index (χ4v) is 2.80. The van der Waals surface area contributed by atoms with Crippen molar-refractivity contribution >= 4 is 26.7 Å². The van der Waals surface area contributed by atoms with Crippen LogP contribution in [0, 0.1) is 0 Å². The average Bonchev–Trinajstić information content (AvgIpc) is 2.62. The third-order valence-electron chi connectivity index (χ3n) is 2.77. The SMILES string of the molecule is CCS(=O)(=O)c1cc2c(c(C(=O)Cl)c1)OCCCO2. The van der Waals surface area contributed by atoms with E-state index >= 15 is 0 Å². The Morgan fingerprint density at radius 1 is 1.32 bits per heavy atom. The number of sulfone groups is 1. The van der Waals surface area contributed by atoms with Crippen LogP contribution in [0.4, 0.5) is 0 Å². The molecule has 0 amide bonds. The van der Waals surface area contributed by atoms with Crippen LogP contribution in [-0.4, -0.2) is 32.6 Å². The third-order valence-corrected chi connectivity index (χ3v) is 4.69. The highest BCUT2D eigenvalue weighted by Gasteiger charge is 2.24. The van der Waals surface area contributed by atoms with Crippen LogP contribution in [0.5, 0.6) is 11.5 Å². The largest absolute Gasteiger partial charge is 0.489 e. The summed E-state index contributed by atoms with van der Waals surface area (Å²) in [4.78, 5) is 11.4. The van der Waals surface area contributed by atoms with Crippen LogP contribution in [0.3, 0.4) is 0 Å². The number of fused-ring (bicyclic) bond motifs is 1. The maximum atomic E-state index is 11.9. The zero-order valence-electron chi connectivity index (χ0n) is 10.3. The maximum absolute atomic E-state index is 11.9. The monoisotopic (exact) mass is 304 g/mol. The van der Waals surface area contributed by atoms with E-state index in [0.29, 0.717) is 19.6 Å². The van der Waals surface area contributed by atoms with Crippen LogP contribution in [0.25, 0.3) is 0 Å². The lowest BCUT2D eigenvalue weighted by molar-refractivity contribution is 0.107. The zero-order chi connectivity index (χ0) is 14.0. The summed E-state index contributed by atoms with van der Waals surface area (Å²) in [7, 11) is -3.45.